The van der Waals surface area contributed by atoms with Gasteiger partial charge < -0.3 is 9.84 Å². The van der Waals surface area contributed by atoms with Gasteiger partial charge in [0, 0.05) is 0 Å². The maximum atomic E-state index is 8.36. The molecule has 0 atom stereocenters. The Morgan fingerprint density at radius 3 is 1.95 bits per heavy atom. The van der Waals surface area contributed by atoms with E-state index >= 15 is 0 Å². The largest absolute Gasteiger partial charge is 0.491 e. The van der Waals surface area contributed by atoms with Crippen LogP contribution in [0.25, 0.3) is 0 Å². The van der Waals surface area contributed by atoms with Crippen LogP contribution in [0.2, 0.25) is 0 Å². The van der Waals surface area contributed by atoms with E-state index in [9.17, 15) is 0 Å². The summed E-state index contributed by atoms with van der Waals surface area (Å²) in [5.41, 5.74) is 2.80. The fraction of sp³-hybridized carbons (Fsp3) is 0.316. The number of carbonyl (C=O) groups is 1. The molecule has 118 valence electrons. The minimum absolute atomic E-state index is 0.240. The molecule has 2 rings (SSSR count). The van der Waals surface area contributed by atoms with Crippen molar-refractivity contribution in [1.29, 1.82) is 0 Å². The Hall–Kier alpha value is -2.29. The highest BCUT2D eigenvalue weighted by atomic mass is 16.5. The number of hydrogen-bond donors (Lipinski definition) is 1. The Labute approximate surface area is 132 Å². The van der Waals surface area contributed by atoms with Gasteiger partial charge in [-0.3, -0.25) is 4.79 Å². The molecule has 0 aromatic heterocycles. The molecule has 22 heavy (non-hydrogen) atoms. The van der Waals surface area contributed by atoms with Crippen LogP contribution < -0.4 is 4.74 Å². The van der Waals surface area contributed by atoms with Gasteiger partial charge in [-0.2, -0.15) is 0 Å². The van der Waals surface area contributed by atoms with Gasteiger partial charge in [0.2, 0.25) is 0 Å². The Morgan fingerprint density at radius 1 is 0.955 bits per heavy atom. The first kappa shape index (κ1) is 17.8. The lowest BCUT2D eigenvalue weighted by molar-refractivity contribution is -0.122. The lowest BCUT2D eigenvalue weighted by atomic mass is 10.0. The number of ether oxygens (including phenoxy) is 1. The standard InChI is InChI=1S/C18H22O.CH2O2/c1-15(2)19-18-13-11-17(12-14-18)10-6-9-16-7-4-3-5-8-16;2-1-3/h3-5,7-8,11-15H,6,9-10H2,1-2H3;1H,(H,2,3). The number of benzene rings is 2. The van der Waals surface area contributed by atoms with E-state index in [4.69, 9.17) is 14.6 Å². The Morgan fingerprint density at radius 2 is 1.45 bits per heavy atom. The molecule has 1 N–H and O–H groups in total. The zero-order chi connectivity index (χ0) is 16.2. The molecule has 0 bridgehead atoms. The number of hydrogen-bond acceptors (Lipinski definition) is 2. The van der Waals surface area contributed by atoms with Crippen molar-refractivity contribution in [3.8, 4) is 5.75 Å². The zero-order valence-corrected chi connectivity index (χ0v) is 13.2. The van der Waals surface area contributed by atoms with Crippen molar-refractivity contribution in [2.24, 2.45) is 0 Å². The summed E-state index contributed by atoms with van der Waals surface area (Å²) in [5.74, 6) is 0.960. The lowest BCUT2D eigenvalue weighted by Crippen LogP contribution is -2.05. The summed E-state index contributed by atoms with van der Waals surface area (Å²) in [4.78, 5) is 8.36. The Kier molecular flexibility index (Phi) is 8.43. The van der Waals surface area contributed by atoms with E-state index in [2.05, 4.69) is 54.6 Å². The van der Waals surface area contributed by atoms with E-state index in [1.54, 1.807) is 0 Å². The molecule has 2 aromatic carbocycles. The van der Waals surface area contributed by atoms with Crippen LogP contribution in [0.5, 0.6) is 5.75 Å². The molecule has 3 nitrogen and oxygen atoms in total. The molecule has 0 aliphatic heterocycles. The summed E-state index contributed by atoms with van der Waals surface area (Å²) < 4.78 is 5.64. The van der Waals surface area contributed by atoms with Gasteiger partial charge in [0.1, 0.15) is 5.75 Å². The number of aryl methyl sites for hydroxylation is 2. The van der Waals surface area contributed by atoms with Crippen LogP contribution >= 0.6 is 0 Å². The van der Waals surface area contributed by atoms with Gasteiger partial charge >= 0.3 is 0 Å². The SMILES string of the molecule is CC(C)Oc1ccc(CCCc2ccccc2)cc1.O=CO. The third-order valence-electron chi connectivity index (χ3n) is 3.07. The summed E-state index contributed by atoms with van der Waals surface area (Å²) in [5, 5.41) is 6.89. The van der Waals surface area contributed by atoms with Gasteiger partial charge in [0.15, 0.2) is 0 Å². The molecule has 0 spiro atoms. The van der Waals surface area contributed by atoms with Gasteiger partial charge in [-0.15, -0.1) is 0 Å². The van der Waals surface area contributed by atoms with Crippen LogP contribution in [0.15, 0.2) is 54.6 Å². The molecule has 2 aromatic rings. The van der Waals surface area contributed by atoms with Crippen molar-refractivity contribution in [3.05, 3.63) is 65.7 Å². The van der Waals surface area contributed by atoms with Gasteiger partial charge in [0.25, 0.3) is 6.47 Å². The predicted molar refractivity (Wildman–Crippen MR) is 89.4 cm³/mol. The minimum Gasteiger partial charge on any atom is -0.491 e. The molecular weight excluding hydrogens is 276 g/mol. The van der Waals surface area contributed by atoms with Crippen molar-refractivity contribution < 1.29 is 14.6 Å². The maximum Gasteiger partial charge on any atom is 0.290 e. The molecular formula is C19H24O3. The predicted octanol–water partition coefficient (Wildman–Crippen LogP) is 4.35. The maximum absolute atomic E-state index is 8.36. The Bertz CT molecular complexity index is 518. The first-order valence-corrected chi connectivity index (χ1v) is 7.53. The molecule has 3 heteroatoms. The van der Waals surface area contributed by atoms with E-state index in [1.165, 1.54) is 17.5 Å². The summed E-state index contributed by atoms with van der Waals surface area (Å²) in [6, 6.07) is 19.1. The van der Waals surface area contributed by atoms with Crippen LogP contribution in [0, 0.1) is 0 Å². The third-order valence-corrected chi connectivity index (χ3v) is 3.07. The number of rotatable bonds is 6. The minimum atomic E-state index is -0.250. The summed E-state index contributed by atoms with van der Waals surface area (Å²) in [6.07, 6.45) is 3.69. The van der Waals surface area contributed by atoms with Crippen LogP contribution in [0.3, 0.4) is 0 Å². The molecule has 0 fully saturated rings. The number of carboxylic acid groups (broad SMARTS) is 1. The summed E-state index contributed by atoms with van der Waals surface area (Å²) >= 11 is 0. The van der Waals surface area contributed by atoms with E-state index in [0.717, 1.165) is 18.6 Å². The molecule has 0 aliphatic carbocycles. The van der Waals surface area contributed by atoms with Crippen molar-refractivity contribution >= 4 is 6.47 Å². The second-order valence-electron chi connectivity index (χ2n) is 5.26. The van der Waals surface area contributed by atoms with E-state index in [-0.39, 0.29) is 12.6 Å². The first-order valence-electron chi connectivity index (χ1n) is 7.53. The second kappa shape index (κ2) is 10.4. The first-order chi connectivity index (χ1) is 10.7. The molecule has 0 heterocycles. The topological polar surface area (TPSA) is 46.5 Å². The molecule has 0 amide bonds. The highest BCUT2D eigenvalue weighted by Crippen LogP contribution is 2.15. The molecule has 0 radical (unpaired) electrons. The van der Waals surface area contributed by atoms with E-state index in [0.29, 0.717) is 0 Å². The molecule has 0 unspecified atom stereocenters. The van der Waals surface area contributed by atoms with Gasteiger partial charge in [-0.1, -0.05) is 42.5 Å². The molecule has 0 aliphatic rings. The monoisotopic (exact) mass is 300 g/mol. The fourth-order valence-electron chi connectivity index (χ4n) is 2.15. The smallest absolute Gasteiger partial charge is 0.290 e. The zero-order valence-electron chi connectivity index (χ0n) is 13.2. The van der Waals surface area contributed by atoms with E-state index in [1.807, 2.05) is 13.8 Å². The average Bonchev–Trinajstić information content (AvgIpc) is 2.50. The van der Waals surface area contributed by atoms with Gasteiger partial charge in [-0.25, -0.2) is 0 Å². The summed E-state index contributed by atoms with van der Waals surface area (Å²) in [6.45, 7) is 3.85. The molecule has 0 saturated heterocycles. The van der Waals surface area contributed by atoms with E-state index < -0.39 is 0 Å². The highest BCUT2D eigenvalue weighted by molar-refractivity contribution is 5.32. The van der Waals surface area contributed by atoms with Crippen LogP contribution in [-0.2, 0) is 17.6 Å². The van der Waals surface area contributed by atoms with Crippen molar-refractivity contribution in [2.75, 3.05) is 0 Å². The quantitative estimate of drug-likeness (QED) is 0.807. The lowest BCUT2D eigenvalue weighted by Gasteiger charge is -2.10. The fourth-order valence-corrected chi connectivity index (χ4v) is 2.15. The normalized spacial score (nSPS) is 9.77. The third kappa shape index (κ3) is 7.48. The van der Waals surface area contributed by atoms with Crippen LogP contribution in [-0.4, -0.2) is 17.7 Å². The summed E-state index contributed by atoms with van der Waals surface area (Å²) in [7, 11) is 0. The van der Waals surface area contributed by atoms with Crippen LogP contribution in [0.4, 0.5) is 0 Å². The van der Waals surface area contributed by atoms with Gasteiger partial charge in [-0.05, 0) is 56.4 Å². The van der Waals surface area contributed by atoms with Crippen molar-refractivity contribution in [3.63, 3.8) is 0 Å². The van der Waals surface area contributed by atoms with Crippen molar-refractivity contribution in [1.82, 2.24) is 0 Å². The van der Waals surface area contributed by atoms with Crippen molar-refractivity contribution in [2.45, 2.75) is 39.2 Å². The van der Waals surface area contributed by atoms with Crippen LogP contribution in [0.1, 0.15) is 31.4 Å². The molecule has 0 saturated carbocycles. The van der Waals surface area contributed by atoms with Gasteiger partial charge in [0.05, 0.1) is 6.10 Å². The highest BCUT2D eigenvalue weighted by Gasteiger charge is 1.99. The average molecular weight is 300 g/mol. The second-order valence-corrected chi connectivity index (χ2v) is 5.26. The Balaban J connectivity index is 0.000000745.